The molecule has 10 amide bonds. The number of para-hydroxylation sites is 1. The molecule has 0 saturated carbocycles. The quantitative estimate of drug-likeness (QED) is 0.0136. The predicted molar refractivity (Wildman–Crippen MR) is 507 cm³/mol. The summed E-state index contributed by atoms with van der Waals surface area (Å²) in [6.07, 6.45) is -3.77. The molecule has 0 aliphatic rings. The van der Waals surface area contributed by atoms with E-state index in [2.05, 4.69) is 51.7 Å². The third-order valence-electron chi connectivity index (χ3n) is 21.2. The van der Waals surface area contributed by atoms with Crippen molar-refractivity contribution in [3.05, 3.63) is 306 Å². The van der Waals surface area contributed by atoms with Crippen LogP contribution in [0.3, 0.4) is 0 Å². The van der Waals surface area contributed by atoms with Crippen LogP contribution in [-0.4, -0.2) is 197 Å². The first kappa shape index (κ1) is 107. The van der Waals surface area contributed by atoms with Crippen LogP contribution in [0.2, 0.25) is 0 Å². The molecule has 0 radical (unpaired) electrons. The van der Waals surface area contributed by atoms with Crippen LogP contribution in [0.25, 0.3) is 67.2 Å². The molecular weight excluding hydrogens is 1870 g/mol. The third kappa shape index (κ3) is 30.0. The number of amides is 10. The van der Waals surface area contributed by atoms with Crippen molar-refractivity contribution in [3.63, 3.8) is 0 Å². The summed E-state index contributed by atoms with van der Waals surface area (Å²) in [5.41, 5.74) is 34.6. The maximum atomic E-state index is 13.1. The van der Waals surface area contributed by atoms with Crippen molar-refractivity contribution in [2.45, 2.75) is 81.1 Å². The number of phenolic OH excluding ortho intramolecular Hbond substituents is 1. The van der Waals surface area contributed by atoms with Crippen LogP contribution in [0.15, 0.2) is 262 Å². The summed E-state index contributed by atoms with van der Waals surface area (Å²) in [6, 6.07) is 58.3. The number of fused-ring (bicyclic) bond motifs is 1. The highest BCUT2D eigenvalue weighted by Crippen LogP contribution is 2.31. The van der Waals surface area contributed by atoms with Crippen molar-refractivity contribution < 1.29 is 108 Å². The lowest BCUT2D eigenvalue weighted by Gasteiger charge is -2.17. The first-order valence-electron chi connectivity index (χ1n) is 43.1. The second kappa shape index (κ2) is 48.5. The number of aromatic amines is 1. The Kier molecular flexibility index (Phi) is 36.2. The van der Waals surface area contributed by atoms with Crippen molar-refractivity contribution in [2.24, 2.45) is 63.9 Å². The fourth-order valence-electron chi connectivity index (χ4n) is 14.4. The van der Waals surface area contributed by atoms with E-state index in [-0.39, 0.29) is 53.1 Å². The number of nitrogens with zero attached hydrogens (tertiary/aromatic N) is 10. The lowest BCUT2D eigenvalue weighted by atomic mass is 10.0. The largest absolute Gasteiger partial charge is 0.508 e. The standard InChI is InChI=1S/C23H21N5O3.C22H22N4O4.C21H20N4O4.C17H17F3N4O3.C16H15F3N4O3/c1-28-13-17(20(27-28)14-7-3-2-4-8-14)23(31)26-19(21(29)22(24)30)11-15-12-25-18-10-6-5-9-16(15)18;1-26-13-17(19(25-26)15-6-4-3-5-7-15)22(29)24-18(20(27)21(23)28)12-14-8-10-16(30-2)11-9-14;1-25-12-16(18(24-25)14-5-3-2-4-6-14)21(29)23-17(19(27)20(22)28)11-13-7-9-15(26)10-8-13;1-24-9-11(13(23-24)10-5-3-2-4-6-10)16(27)22-12(14(25)15(21)26)7-8-17(18,19)20;1-23-8-10(12(22-23)9-5-3-2-4-6-9)15(26)21-11(7-16(17,18)19)13(24)14(20)25/h2-10,12-13,19,25H,11H2,1H3,(H2,24,30)(H,26,31);3-11,13,18H,12H2,1-2H3,(H2,23,28)(H,24,29);2-10,12,17,26H,11H2,1H3,(H2,22,28)(H,23,29);2-6,9,12H,7-8H2,1H3,(H2,21,26)(H,22,27);2-6,8,11H,7H2,1H3,(H2,20,25)(H,21,26). The zero-order valence-corrected chi connectivity index (χ0v) is 77.1. The van der Waals surface area contributed by atoms with Gasteiger partial charge in [-0.15, -0.1) is 0 Å². The van der Waals surface area contributed by atoms with Gasteiger partial charge in [0, 0.05) is 137 Å². The number of Topliss-reactive ketones (excluding diaryl/α,β-unsaturated/α-hetero) is 5. The molecule has 740 valence electrons. The van der Waals surface area contributed by atoms with Crippen molar-refractivity contribution in [1.82, 2.24) is 80.5 Å². The Morgan fingerprint density at radius 1 is 0.343 bits per heavy atom. The van der Waals surface area contributed by atoms with E-state index < -0.39 is 150 Å². The number of benzene rings is 8. The molecule has 8 aromatic carbocycles. The molecule has 0 saturated heterocycles. The predicted octanol–water partition coefficient (Wildman–Crippen LogP) is 7.42. The van der Waals surface area contributed by atoms with Crippen molar-refractivity contribution in [3.8, 4) is 67.8 Å². The van der Waals surface area contributed by atoms with Crippen LogP contribution in [-0.2, 0) is 102 Å². The minimum atomic E-state index is -4.78. The lowest BCUT2D eigenvalue weighted by Crippen LogP contribution is -2.48. The third-order valence-corrected chi connectivity index (χ3v) is 21.2. The minimum absolute atomic E-state index is 0.0388. The van der Waals surface area contributed by atoms with E-state index in [1.807, 2.05) is 121 Å². The fraction of sp³-hybridized carbons (Fsp3) is 0.192. The summed E-state index contributed by atoms with van der Waals surface area (Å²) in [4.78, 5) is 184. The van der Waals surface area contributed by atoms with E-state index in [1.54, 1.807) is 157 Å². The number of aromatic nitrogens is 11. The van der Waals surface area contributed by atoms with Crippen molar-refractivity contribution >= 4 is 98.9 Å². The van der Waals surface area contributed by atoms with Gasteiger partial charge in [-0.25, -0.2) is 0 Å². The average molecular weight is 1960 g/mol. The second-order valence-corrected chi connectivity index (χ2v) is 31.9. The number of hydrogen-bond acceptors (Lipinski definition) is 22. The molecule has 14 aromatic rings. The van der Waals surface area contributed by atoms with Crippen LogP contribution in [0, 0.1) is 0 Å². The average Bonchev–Trinajstić information content (AvgIpc) is 1.68. The van der Waals surface area contributed by atoms with Crippen LogP contribution in [0.1, 0.15) is 87.7 Å². The number of carbonyl (C=O) groups excluding carboxylic acids is 15. The highest BCUT2D eigenvalue weighted by Gasteiger charge is 2.40. The summed E-state index contributed by atoms with van der Waals surface area (Å²) in [5.74, 6) is -14.4. The first-order chi connectivity index (χ1) is 67.8. The van der Waals surface area contributed by atoms with Crippen molar-refractivity contribution in [1.29, 1.82) is 0 Å². The highest BCUT2D eigenvalue weighted by atomic mass is 19.4. The number of phenols is 1. The maximum absolute atomic E-state index is 13.1. The molecule has 0 fully saturated rings. The monoisotopic (exact) mass is 1960 g/mol. The number of nitrogens with one attached hydrogen (secondary N) is 6. The van der Waals surface area contributed by atoms with Crippen LogP contribution in [0.4, 0.5) is 26.3 Å². The Labute approximate surface area is 809 Å². The number of hydrogen-bond donors (Lipinski definition) is 12. The Balaban J connectivity index is 0.000000184. The molecule has 14 rings (SSSR count). The van der Waals surface area contributed by atoms with Crippen LogP contribution < -0.4 is 60.0 Å². The molecule has 38 nitrogen and oxygen atoms in total. The van der Waals surface area contributed by atoms with Gasteiger partial charge >= 0.3 is 12.4 Å². The van der Waals surface area contributed by atoms with E-state index >= 15 is 0 Å². The Bertz CT molecular complexity index is 6970. The molecule has 5 atom stereocenters. The number of methoxy groups -OCH3 is 1. The number of ether oxygens (including phenoxy) is 1. The summed E-state index contributed by atoms with van der Waals surface area (Å²) >= 11 is 0. The number of halogens is 6. The zero-order chi connectivity index (χ0) is 104. The van der Waals surface area contributed by atoms with Gasteiger partial charge in [-0.05, 0) is 53.4 Å². The van der Waals surface area contributed by atoms with Crippen molar-refractivity contribution in [2.75, 3.05) is 7.11 Å². The van der Waals surface area contributed by atoms with Gasteiger partial charge in [0.15, 0.2) is 0 Å². The summed E-state index contributed by atoms with van der Waals surface area (Å²) in [7, 11) is 9.75. The first-order valence-corrected chi connectivity index (χ1v) is 43.1. The molecule has 0 spiro atoms. The van der Waals surface area contributed by atoms with E-state index in [0.29, 0.717) is 50.6 Å². The summed E-state index contributed by atoms with van der Waals surface area (Å²) in [5, 5.41) is 43.7. The highest BCUT2D eigenvalue weighted by molar-refractivity contribution is 6.40. The van der Waals surface area contributed by atoms with Gasteiger partial charge in [0.1, 0.15) is 64.1 Å². The molecule has 0 aliphatic carbocycles. The fourth-order valence-corrected chi connectivity index (χ4v) is 14.4. The molecule has 6 aromatic heterocycles. The normalized spacial score (nSPS) is 12.0. The molecule has 143 heavy (non-hydrogen) atoms. The number of ketones is 5. The molecule has 0 aliphatic heterocycles. The summed E-state index contributed by atoms with van der Waals surface area (Å²) in [6.45, 7) is 0. The van der Waals surface area contributed by atoms with Gasteiger partial charge in [0.25, 0.3) is 59.1 Å². The SMILES string of the molecule is COc1ccc(CC(NC(=O)c2cn(C)nc2-c2ccccc2)C(=O)C(N)=O)cc1.Cn1cc(C(=O)NC(CC(F)(F)F)C(=O)C(N)=O)c(-c2ccccc2)n1.Cn1cc(C(=O)NC(CCC(F)(F)F)C(=O)C(N)=O)c(-c2ccccc2)n1.Cn1cc(C(=O)NC(Cc2c[nH]c3ccccc23)C(=O)C(N)=O)c(-c2ccccc2)n1.Cn1cc(C(=O)NC(Cc2ccc(O)cc2)C(=O)C(N)=O)c(-c2ccccc2)n1. The van der Waals surface area contributed by atoms with Gasteiger partial charge in [-0.1, -0.05) is 194 Å². The lowest BCUT2D eigenvalue weighted by molar-refractivity contribution is -0.151. The Morgan fingerprint density at radius 3 is 0.888 bits per heavy atom. The molecule has 17 N–H and O–H groups in total. The van der Waals surface area contributed by atoms with Gasteiger partial charge in [0.2, 0.25) is 28.9 Å². The topological polar surface area (TPSA) is 581 Å². The number of H-pyrrole nitrogens is 1. The van der Waals surface area contributed by atoms with E-state index in [9.17, 15) is 103 Å². The van der Waals surface area contributed by atoms with Crippen LogP contribution in [0.5, 0.6) is 11.5 Å². The summed E-state index contributed by atoms with van der Waals surface area (Å²) < 4.78 is 87.7. The number of primary amides is 5. The minimum Gasteiger partial charge on any atom is -0.508 e. The number of alkyl halides is 6. The van der Waals surface area contributed by atoms with E-state index in [1.165, 1.54) is 55.0 Å². The molecule has 44 heteroatoms. The van der Waals surface area contributed by atoms with E-state index in [4.69, 9.17) is 33.4 Å². The molecular formula is C99H95F6N21O17. The molecule has 5 unspecified atom stereocenters. The van der Waals surface area contributed by atoms with Gasteiger partial charge in [-0.2, -0.15) is 51.8 Å². The van der Waals surface area contributed by atoms with Gasteiger partial charge < -0.3 is 70.1 Å². The molecule has 0 bridgehead atoms. The van der Waals surface area contributed by atoms with Gasteiger partial charge in [0.05, 0.1) is 47.4 Å². The van der Waals surface area contributed by atoms with Gasteiger partial charge in [-0.3, -0.25) is 95.3 Å². The number of aryl methyl sites for hydroxylation is 5. The zero-order valence-electron chi connectivity index (χ0n) is 77.1. The number of aromatic hydroxyl groups is 1. The van der Waals surface area contributed by atoms with E-state index in [0.717, 1.165) is 38.7 Å². The number of rotatable bonds is 35. The number of carbonyl (C=O) groups is 15. The molecule has 6 heterocycles. The number of nitrogens with two attached hydrogens (primary N) is 5. The van der Waals surface area contributed by atoms with Crippen LogP contribution >= 0.6 is 0 Å². The second-order valence-electron chi connectivity index (χ2n) is 31.9. The Hall–Kier alpha value is -18.4. The Morgan fingerprint density at radius 2 is 0.601 bits per heavy atom. The smallest absolute Gasteiger partial charge is 0.391 e. The maximum Gasteiger partial charge on any atom is 0.391 e.